The van der Waals surface area contributed by atoms with E-state index in [-0.39, 0.29) is 26.2 Å². The molecule has 0 aromatic heterocycles. The average molecular weight is 439 g/mol. The van der Waals surface area contributed by atoms with Crippen LogP contribution in [-0.4, -0.2) is 14.3 Å². The minimum Gasteiger partial charge on any atom is -0.322 e. The number of carbonyl (C=O) groups is 1. The lowest BCUT2D eigenvalue weighted by Crippen LogP contribution is -2.15. The van der Waals surface area contributed by atoms with Crippen LogP contribution in [0.2, 0.25) is 10.0 Å². The summed E-state index contributed by atoms with van der Waals surface area (Å²) in [5.74, 6) is -1.29. The standard InChI is InChI=1S/C19H13Cl2FN2O3S/c20-12-9-13(21)11-15(10-12)24-28(26,27)16-7-5-14(6-8-16)23-19(25)17-3-1-2-4-18(17)22/h1-11,24H,(H,23,25). The first-order valence-corrected chi connectivity index (χ1v) is 10.1. The molecule has 0 fully saturated rings. The fourth-order valence-corrected chi connectivity index (χ4v) is 3.95. The zero-order chi connectivity index (χ0) is 20.3. The highest BCUT2D eigenvalue weighted by Gasteiger charge is 2.16. The third-order valence-corrected chi connectivity index (χ3v) is 5.49. The van der Waals surface area contributed by atoms with Crippen molar-refractivity contribution in [3.8, 4) is 0 Å². The van der Waals surface area contributed by atoms with E-state index in [1.54, 1.807) is 6.07 Å². The van der Waals surface area contributed by atoms with Crippen LogP contribution < -0.4 is 10.0 Å². The van der Waals surface area contributed by atoms with Crippen molar-refractivity contribution in [2.75, 3.05) is 10.0 Å². The maximum atomic E-state index is 13.7. The van der Waals surface area contributed by atoms with E-state index in [0.29, 0.717) is 5.69 Å². The first-order chi connectivity index (χ1) is 13.2. The summed E-state index contributed by atoms with van der Waals surface area (Å²) in [7, 11) is -3.89. The van der Waals surface area contributed by atoms with Gasteiger partial charge in [-0.1, -0.05) is 35.3 Å². The van der Waals surface area contributed by atoms with Crippen LogP contribution in [0.25, 0.3) is 0 Å². The van der Waals surface area contributed by atoms with Crippen molar-refractivity contribution < 1.29 is 17.6 Å². The number of hydrogen-bond donors (Lipinski definition) is 2. The molecule has 3 aromatic rings. The van der Waals surface area contributed by atoms with Gasteiger partial charge in [-0.25, -0.2) is 12.8 Å². The predicted octanol–water partition coefficient (Wildman–Crippen LogP) is 5.19. The van der Waals surface area contributed by atoms with E-state index in [1.165, 1.54) is 60.7 Å². The summed E-state index contributed by atoms with van der Waals surface area (Å²) in [6.07, 6.45) is 0. The minimum atomic E-state index is -3.89. The van der Waals surface area contributed by atoms with Crippen molar-refractivity contribution in [3.05, 3.63) is 88.2 Å². The number of carbonyl (C=O) groups excluding carboxylic acids is 1. The van der Waals surface area contributed by atoms with Gasteiger partial charge in [-0.3, -0.25) is 9.52 Å². The molecular formula is C19H13Cl2FN2O3S. The Morgan fingerprint density at radius 1 is 0.857 bits per heavy atom. The maximum absolute atomic E-state index is 13.7. The topological polar surface area (TPSA) is 75.3 Å². The molecule has 3 aromatic carbocycles. The Labute approximate surface area is 171 Å². The first-order valence-electron chi connectivity index (χ1n) is 7.89. The molecule has 0 atom stereocenters. The maximum Gasteiger partial charge on any atom is 0.261 e. The largest absolute Gasteiger partial charge is 0.322 e. The molecule has 0 aliphatic carbocycles. The van der Waals surface area contributed by atoms with Gasteiger partial charge >= 0.3 is 0 Å². The zero-order valence-corrected chi connectivity index (χ0v) is 16.4. The number of nitrogens with one attached hydrogen (secondary N) is 2. The highest BCUT2D eigenvalue weighted by Crippen LogP contribution is 2.25. The summed E-state index contributed by atoms with van der Waals surface area (Å²) in [6, 6.07) is 15.3. The molecule has 5 nitrogen and oxygen atoms in total. The van der Waals surface area contributed by atoms with E-state index in [4.69, 9.17) is 23.2 Å². The van der Waals surface area contributed by atoms with E-state index < -0.39 is 21.7 Å². The lowest BCUT2D eigenvalue weighted by atomic mass is 10.2. The van der Waals surface area contributed by atoms with Crippen molar-refractivity contribution >= 4 is 50.5 Å². The number of rotatable bonds is 5. The van der Waals surface area contributed by atoms with Crippen LogP contribution >= 0.6 is 23.2 Å². The van der Waals surface area contributed by atoms with Gasteiger partial charge in [-0.15, -0.1) is 0 Å². The number of anilines is 2. The molecule has 3 rings (SSSR count). The van der Waals surface area contributed by atoms with Gasteiger partial charge in [-0.05, 0) is 54.6 Å². The molecular weight excluding hydrogens is 426 g/mol. The molecule has 9 heteroatoms. The van der Waals surface area contributed by atoms with Crippen LogP contribution in [0, 0.1) is 5.82 Å². The van der Waals surface area contributed by atoms with E-state index in [0.717, 1.165) is 0 Å². The van der Waals surface area contributed by atoms with Gasteiger partial charge in [0.15, 0.2) is 0 Å². The fourth-order valence-electron chi connectivity index (χ4n) is 2.39. The van der Waals surface area contributed by atoms with E-state index in [9.17, 15) is 17.6 Å². The molecule has 144 valence electrons. The van der Waals surface area contributed by atoms with Gasteiger partial charge in [0.05, 0.1) is 16.1 Å². The molecule has 0 saturated heterocycles. The van der Waals surface area contributed by atoms with Crippen LogP contribution in [0.15, 0.2) is 71.6 Å². The van der Waals surface area contributed by atoms with Gasteiger partial charge in [0, 0.05) is 15.7 Å². The number of halogens is 3. The van der Waals surface area contributed by atoms with Crippen molar-refractivity contribution in [2.45, 2.75) is 4.90 Å². The average Bonchev–Trinajstić information content (AvgIpc) is 2.61. The molecule has 0 aliphatic heterocycles. The van der Waals surface area contributed by atoms with E-state index in [1.807, 2.05) is 0 Å². The van der Waals surface area contributed by atoms with Gasteiger partial charge in [0.25, 0.3) is 15.9 Å². The van der Waals surface area contributed by atoms with Crippen molar-refractivity contribution in [2.24, 2.45) is 0 Å². The van der Waals surface area contributed by atoms with Gasteiger partial charge in [0.1, 0.15) is 5.82 Å². The number of sulfonamides is 1. The molecule has 0 radical (unpaired) electrons. The Kier molecular flexibility index (Phi) is 5.88. The quantitative estimate of drug-likeness (QED) is 0.575. The van der Waals surface area contributed by atoms with Crippen LogP contribution in [0.3, 0.4) is 0 Å². The second-order valence-corrected chi connectivity index (χ2v) is 8.28. The Morgan fingerprint density at radius 2 is 1.46 bits per heavy atom. The van der Waals surface area contributed by atoms with Crippen molar-refractivity contribution in [3.63, 3.8) is 0 Å². The summed E-state index contributed by atoms with van der Waals surface area (Å²) in [5.41, 5.74) is 0.422. The summed E-state index contributed by atoms with van der Waals surface area (Å²) >= 11 is 11.7. The zero-order valence-electron chi connectivity index (χ0n) is 14.1. The highest BCUT2D eigenvalue weighted by atomic mass is 35.5. The van der Waals surface area contributed by atoms with E-state index >= 15 is 0 Å². The molecule has 2 N–H and O–H groups in total. The van der Waals surface area contributed by atoms with Gasteiger partial charge in [0.2, 0.25) is 0 Å². The van der Waals surface area contributed by atoms with Gasteiger partial charge < -0.3 is 5.32 Å². The smallest absolute Gasteiger partial charge is 0.261 e. The molecule has 0 saturated carbocycles. The van der Waals surface area contributed by atoms with Crippen LogP contribution in [0.1, 0.15) is 10.4 Å². The van der Waals surface area contributed by atoms with Crippen molar-refractivity contribution in [1.29, 1.82) is 0 Å². The first kappa shape index (κ1) is 20.1. The normalized spacial score (nSPS) is 11.1. The molecule has 0 heterocycles. The summed E-state index contributed by atoms with van der Waals surface area (Å²) in [6.45, 7) is 0. The Morgan fingerprint density at radius 3 is 2.07 bits per heavy atom. The SMILES string of the molecule is O=C(Nc1ccc(S(=O)(=O)Nc2cc(Cl)cc(Cl)c2)cc1)c1ccccc1F. The lowest BCUT2D eigenvalue weighted by Gasteiger charge is -2.10. The molecule has 1 amide bonds. The second-order valence-electron chi connectivity index (χ2n) is 5.72. The minimum absolute atomic E-state index is 0.0347. The lowest BCUT2D eigenvalue weighted by molar-refractivity contribution is 0.102. The molecule has 0 spiro atoms. The summed E-state index contributed by atoms with van der Waals surface area (Å²) in [4.78, 5) is 12.1. The Bertz CT molecular complexity index is 1120. The third-order valence-electron chi connectivity index (χ3n) is 3.66. The molecule has 28 heavy (non-hydrogen) atoms. The van der Waals surface area contributed by atoms with E-state index in [2.05, 4.69) is 10.0 Å². The van der Waals surface area contributed by atoms with Crippen LogP contribution in [0.5, 0.6) is 0 Å². The predicted molar refractivity (Wildman–Crippen MR) is 108 cm³/mol. The Hall–Kier alpha value is -2.61. The van der Waals surface area contributed by atoms with Crippen LogP contribution in [-0.2, 0) is 10.0 Å². The summed E-state index contributed by atoms with van der Waals surface area (Å²) in [5, 5.41) is 3.09. The Balaban J connectivity index is 1.76. The fraction of sp³-hybridized carbons (Fsp3) is 0. The van der Waals surface area contributed by atoms with Gasteiger partial charge in [-0.2, -0.15) is 0 Å². The third kappa shape index (κ3) is 4.81. The second kappa shape index (κ2) is 8.18. The monoisotopic (exact) mass is 438 g/mol. The van der Waals surface area contributed by atoms with Crippen LogP contribution in [0.4, 0.5) is 15.8 Å². The molecule has 0 bridgehead atoms. The molecule has 0 unspecified atom stereocenters. The highest BCUT2D eigenvalue weighted by molar-refractivity contribution is 7.92. The summed E-state index contributed by atoms with van der Waals surface area (Å²) < 4.78 is 41.0. The van der Waals surface area contributed by atoms with Crippen molar-refractivity contribution in [1.82, 2.24) is 0 Å². The number of amides is 1. The number of benzene rings is 3. The number of hydrogen-bond acceptors (Lipinski definition) is 3. The molecule has 0 aliphatic rings.